The van der Waals surface area contributed by atoms with Gasteiger partial charge in [0.1, 0.15) is 28.5 Å². The molecule has 0 atom stereocenters. The molecule has 5 rings (SSSR count). The molecule has 10 nitrogen and oxygen atoms in total. The molecule has 0 spiro atoms. The number of methoxy groups -OCH3 is 1. The van der Waals surface area contributed by atoms with Gasteiger partial charge in [-0.25, -0.2) is 9.87 Å². The van der Waals surface area contributed by atoms with Gasteiger partial charge in [-0.1, -0.05) is 0 Å². The molecule has 1 aliphatic rings. The SMILES string of the molecule is CONC(=O)c1cc2c(Oc3ccc(NC(=O)C4(C(=O)Nc5ccc(F)cc5)CC4)cc3)ccnc2cc1OC. The summed E-state index contributed by atoms with van der Waals surface area (Å²) in [7, 11) is 2.79. The summed E-state index contributed by atoms with van der Waals surface area (Å²) in [5, 5.41) is 6.05. The van der Waals surface area contributed by atoms with Gasteiger partial charge in [0.05, 0.1) is 25.3 Å². The molecule has 1 aromatic heterocycles. The summed E-state index contributed by atoms with van der Waals surface area (Å²) >= 11 is 0. The summed E-state index contributed by atoms with van der Waals surface area (Å²) in [5.41, 5.74) is 2.80. The van der Waals surface area contributed by atoms with Crippen LogP contribution in [0.5, 0.6) is 17.2 Å². The molecule has 204 valence electrons. The third kappa shape index (κ3) is 5.40. The van der Waals surface area contributed by atoms with Crippen LogP contribution in [0, 0.1) is 11.2 Å². The predicted molar refractivity (Wildman–Crippen MR) is 145 cm³/mol. The predicted octanol–water partition coefficient (Wildman–Crippen LogP) is 4.82. The first-order valence-corrected chi connectivity index (χ1v) is 12.3. The van der Waals surface area contributed by atoms with Crippen LogP contribution in [0.25, 0.3) is 10.9 Å². The quantitative estimate of drug-likeness (QED) is 0.204. The van der Waals surface area contributed by atoms with E-state index >= 15 is 0 Å². The summed E-state index contributed by atoms with van der Waals surface area (Å²) in [6.45, 7) is 0. The number of amides is 3. The number of benzene rings is 3. The number of aromatic nitrogens is 1. The van der Waals surface area contributed by atoms with Gasteiger partial charge in [0.25, 0.3) is 5.91 Å². The Balaban J connectivity index is 1.29. The van der Waals surface area contributed by atoms with E-state index in [1.165, 1.54) is 38.5 Å². The normalized spacial score (nSPS) is 13.3. The third-order valence-corrected chi connectivity index (χ3v) is 6.52. The number of ether oxygens (including phenoxy) is 2. The van der Waals surface area contributed by atoms with Crippen LogP contribution in [-0.4, -0.2) is 36.9 Å². The zero-order valence-electron chi connectivity index (χ0n) is 21.6. The van der Waals surface area contributed by atoms with Crippen molar-refractivity contribution in [1.29, 1.82) is 0 Å². The topological polar surface area (TPSA) is 128 Å². The van der Waals surface area contributed by atoms with Crippen molar-refractivity contribution in [2.24, 2.45) is 5.41 Å². The van der Waals surface area contributed by atoms with E-state index in [2.05, 4.69) is 21.1 Å². The number of carbonyl (C=O) groups excluding carboxylic acids is 3. The van der Waals surface area contributed by atoms with Gasteiger partial charge in [-0.15, -0.1) is 0 Å². The minimum absolute atomic E-state index is 0.241. The van der Waals surface area contributed by atoms with E-state index in [1.807, 2.05) is 0 Å². The number of nitrogens with zero attached hydrogens (tertiary/aromatic N) is 1. The average molecular weight is 545 g/mol. The Labute approximate surface area is 228 Å². The Hall–Kier alpha value is -5.03. The van der Waals surface area contributed by atoms with Crippen molar-refractivity contribution in [3.05, 3.63) is 84.3 Å². The standard InChI is InChI=1S/C29H25FN4O6/c1-38-25-16-23-21(15-22(25)26(35)34-39-2)24(11-14-31-23)40-20-9-7-19(8-10-20)33-28(37)29(12-13-29)27(36)32-18-5-3-17(30)4-6-18/h3-11,14-16H,12-13H2,1-2H3,(H,32,36)(H,33,37)(H,34,35). The molecule has 1 heterocycles. The van der Waals surface area contributed by atoms with Gasteiger partial charge < -0.3 is 20.1 Å². The fourth-order valence-electron chi connectivity index (χ4n) is 4.18. The van der Waals surface area contributed by atoms with Crippen molar-refractivity contribution in [3.8, 4) is 17.2 Å². The number of anilines is 2. The molecule has 11 heteroatoms. The van der Waals surface area contributed by atoms with E-state index in [0.717, 1.165) is 0 Å². The Kier molecular flexibility index (Phi) is 7.30. The van der Waals surface area contributed by atoms with Crippen molar-refractivity contribution >= 4 is 40.0 Å². The van der Waals surface area contributed by atoms with Crippen molar-refractivity contribution < 1.29 is 33.1 Å². The second kappa shape index (κ2) is 11.0. The van der Waals surface area contributed by atoms with Crippen molar-refractivity contribution in [1.82, 2.24) is 10.5 Å². The number of hydrogen-bond acceptors (Lipinski definition) is 7. The minimum Gasteiger partial charge on any atom is -0.496 e. The van der Waals surface area contributed by atoms with Crippen LogP contribution in [0.1, 0.15) is 23.2 Å². The second-order valence-corrected chi connectivity index (χ2v) is 9.14. The molecule has 0 radical (unpaired) electrons. The van der Waals surface area contributed by atoms with Crippen molar-refractivity contribution in [2.75, 3.05) is 24.9 Å². The van der Waals surface area contributed by atoms with Crippen LogP contribution in [-0.2, 0) is 14.4 Å². The lowest BCUT2D eigenvalue weighted by Crippen LogP contribution is -2.35. The number of hydroxylamine groups is 1. The molecule has 1 aliphatic carbocycles. The van der Waals surface area contributed by atoms with Gasteiger partial charge in [0.2, 0.25) is 11.8 Å². The number of halogens is 1. The van der Waals surface area contributed by atoms with Gasteiger partial charge in [0, 0.05) is 29.0 Å². The summed E-state index contributed by atoms with van der Waals surface area (Å²) in [6, 6.07) is 16.9. The smallest absolute Gasteiger partial charge is 0.278 e. The number of pyridine rings is 1. The maximum atomic E-state index is 13.1. The van der Waals surface area contributed by atoms with Crippen LogP contribution in [0.3, 0.4) is 0 Å². The molecule has 4 aromatic rings. The first-order valence-electron chi connectivity index (χ1n) is 12.3. The summed E-state index contributed by atoms with van der Waals surface area (Å²) in [6.07, 6.45) is 2.40. The van der Waals surface area contributed by atoms with E-state index in [-0.39, 0.29) is 5.56 Å². The Morgan fingerprint density at radius 1 is 0.850 bits per heavy atom. The van der Waals surface area contributed by atoms with E-state index in [9.17, 15) is 18.8 Å². The summed E-state index contributed by atoms with van der Waals surface area (Å²) in [5.74, 6) is -0.513. The van der Waals surface area contributed by atoms with E-state index < -0.39 is 29.0 Å². The lowest BCUT2D eigenvalue weighted by Gasteiger charge is -2.16. The third-order valence-electron chi connectivity index (χ3n) is 6.52. The molecule has 0 unspecified atom stereocenters. The van der Waals surface area contributed by atoms with Crippen LogP contribution in [0.2, 0.25) is 0 Å². The first kappa shape index (κ1) is 26.6. The molecule has 40 heavy (non-hydrogen) atoms. The zero-order valence-corrected chi connectivity index (χ0v) is 21.6. The van der Waals surface area contributed by atoms with Crippen LogP contribution >= 0.6 is 0 Å². The highest BCUT2D eigenvalue weighted by Crippen LogP contribution is 2.47. The highest BCUT2D eigenvalue weighted by molar-refractivity contribution is 6.16. The number of nitrogens with one attached hydrogen (secondary N) is 3. The number of carbonyl (C=O) groups is 3. The van der Waals surface area contributed by atoms with Gasteiger partial charge in [-0.2, -0.15) is 0 Å². The molecule has 0 aliphatic heterocycles. The Bertz CT molecular complexity index is 1590. The van der Waals surface area contributed by atoms with E-state index in [0.29, 0.717) is 52.4 Å². The fourth-order valence-corrected chi connectivity index (χ4v) is 4.18. The van der Waals surface area contributed by atoms with Crippen LogP contribution in [0.4, 0.5) is 15.8 Å². The highest BCUT2D eigenvalue weighted by Gasteiger charge is 2.56. The summed E-state index contributed by atoms with van der Waals surface area (Å²) in [4.78, 5) is 47.3. The van der Waals surface area contributed by atoms with Crippen LogP contribution < -0.4 is 25.6 Å². The van der Waals surface area contributed by atoms with Crippen LogP contribution in [0.15, 0.2) is 72.9 Å². The molecular weight excluding hydrogens is 519 g/mol. The molecule has 3 amide bonds. The molecule has 0 saturated heterocycles. The number of fused-ring (bicyclic) bond motifs is 1. The number of rotatable bonds is 9. The monoisotopic (exact) mass is 544 g/mol. The molecule has 1 fully saturated rings. The second-order valence-electron chi connectivity index (χ2n) is 9.14. The van der Waals surface area contributed by atoms with Crippen molar-refractivity contribution in [2.45, 2.75) is 12.8 Å². The average Bonchev–Trinajstić information content (AvgIpc) is 3.77. The molecule has 1 saturated carbocycles. The molecule has 3 aromatic carbocycles. The molecule has 0 bridgehead atoms. The molecule has 3 N–H and O–H groups in total. The molecular formula is C29H25FN4O6. The zero-order chi connectivity index (χ0) is 28.3. The maximum absolute atomic E-state index is 13.1. The lowest BCUT2D eigenvalue weighted by molar-refractivity contribution is -0.131. The minimum atomic E-state index is -1.17. The maximum Gasteiger partial charge on any atom is 0.278 e. The first-order chi connectivity index (χ1) is 19.3. The fraction of sp³-hybridized carbons (Fsp3) is 0.172. The van der Waals surface area contributed by atoms with Gasteiger partial charge in [-0.3, -0.25) is 24.2 Å². The van der Waals surface area contributed by atoms with E-state index in [1.54, 1.807) is 48.7 Å². The largest absolute Gasteiger partial charge is 0.496 e. The lowest BCUT2D eigenvalue weighted by atomic mass is 10.0. The Morgan fingerprint density at radius 2 is 1.48 bits per heavy atom. The summed E-state index contributed by atoms with van der Waals surface area (Å²) < 4.78 is 24.5. The Morgan fingerprint density at radius 3 is 2.05 bits per heavy atom. The van der Waals surface area contributed by atoms with Crippen molar-refractivity contribution in [3.63, 3.8) is 0 Å². The van der Waals surface area contributed by atoms with Gasteiger partial charge in [0.15, 0.2) is 0 Å². The van der Waals surface area contributed by atoms with E-state index in [4.69, 9.17) is 14.3 Å². The number of hydrogen-bond donors (Lipinski definition) is 3. The van der Waals surface area contributed by atoms with Gasteiger partial charge >= 0.3 is 0 Å². The highest BCUT2D eigenvalue weighted by atomic mass is 19.1. The van der Waals surface area contributed by atoms with Gasteiger partial charge in [-0.05, 0) is 73.5 Å².